The van der Waals surface area contributed by atoms with Gasteiger partial charge in [0.2, 0.25) is 0 Å². The molecule has 0 aromatic carbocycles. The number of aliphatic hydroxyl groups is 1. The van der Waals surface area contributed by atoms with Crippen molar-refractivity contribution in [2.45, 2.75) is 125 Å². The number of carbonyl (C=O) groups excluding carboxylic acids is 4. The molecular weight excluding hydrogens is 588 g/mol. The van der Waals surface area contributed by atoms with Gasteiger partial charge in [-0.3, -0.25) is 19.2 Å². The van der Waals surface area contributed by atoms with Crippen molar-refractivity contribution in [1.82, 2.24) is 0 Å². The lowest BCUT2D eigenvalue weighted by atomic mass is 9.33. The Morgan fingerprint density at radius 2 is 1.46 bits per heavy atom. The number of hydrogen-bond acceptors (Lipinski definition) is 9. The van der Waals surface area contributed by atoms with E-state index in [0.717, 1.165) is 38.5 Å². The van der Waals surface area contributed by atoms with E-state index in [0.29, 0.717) is 19.3 Å². The molecule has 5 aliphatic rings. The van der Waals surface area contributed by atoms with Crippen LogP contribution >= 0.6 is 0 Å². The molecule has 0 heterocycles. The number of fused-ring (bicyclic) bond motifs is 7. The molecule has 5 aliphatic carbocycles. The maximum atomic E-state index is 13.6. The number of esters is 4. The van der Waals surface area contributed by atoms with Crippen LogP contribution in [-0.4, -0.2) is 61.0 Å². The molecule has 0 saturated heterocycles. The number of rotatable bonds is 6. The second-order valence-corrected chi connectivity index (χ2v) is 16.5. The Balaban J connectivity index is 1.63. The lowest BCUT2D eigenvalue weighted by molar-refractivity contribution is -0.244. The molecule has 5 rings (SSSR count). The maximum Gasteiger partial charge on any atom is 0.312 e. The molecule has 0 aliphatic heterocycles. The van der Waals surface area contributed by atoms with Crippen LogP contribution in [0, 0.1) is 50.7 Å². The lowest BCUT2D eigenvalue weighted by Crippen LogP contribution is -2.69. The van der Waals surface area contributed by atoms with Crippen LogP contribution in [0.1, 0.15) is 113 Å². The van der Waals surface area contributed by atoms with Gasteiger partial charge in [0.05, 0.1) is 23.5 Å². The Morgan fingerprint density at radius 3 is 2.02 bits per heavy atom. The van der Waals surface area contributed by atoms with E-state index in [4.69, 9.17) is 18.9 Å². The monoisotopic (exact) mass is 644 g/mol. The Kier molecular flexibility index (Phi) is 8.82. The summed E-state index contributed by atoms with van der Waals surface area (Å²) in [6.45, 7) is 15.3. The minimum Gasteiger partial charge on any atom is -0.469 e. The summed E-state index contributed by atoms with van der Waals surface area (Å²) in [7, 11) is 1.47. The molecule has 258 valence electrons. The topological polar surface area (TPSA) is 125 Å². The highest BCUT2D eigenvalue weighted by molar-refractivity contribution is 5.79. The molecule has 46 heavy (non-hydrogen) atoms. The van der Waals surface area contributed by atoms with E-state index >= 15 is 0 Å². The minimum absolute atomic E-state index is 0.0000863. The van der Waals surface area contributed by atoms with Crippen molar-refractivity contribution in [3.05, 3.63) is 11.6 Å². The number of methoxy groups -OCH3 is 1. The summed E-state index contributed by atoms with van der Waals surface area (Å²) >= 11 is 0. The van der Waals surface area contributed by atoms with Crippen LogP contribution in [0.2, 0.25) is 0 Å². The standard InChI is InChI=1S/C37H56O9/c1-22-12-17-36(31(41)43-9)19-18-33(6)26(30(36)35(22,8)42)10-11-27-32(5)15-14-29(46-25(4)40)37(20-44-23(2)38,21-45-24(3)39)28(32)13-16-34(27,33)7/h10,22,27-30,42H,11-21H2,1-9H3/t22-,27?,28?,29+,30?,32-,33-,34-,35-,36+/m1/s1. The third-order valence-electron chi connectivity index (χ3n) is 14.6. The van der Waals surface area contributed by atoms with Gasteiger partial charge >= 0.3 is 23.9 Å². The second-order valence-electron chi connectivity index (χ2n) is 16.5. The Hall–Kier alpha value is -2.42. The largest absolute Gasteiger partial charge is 0.469 e. The number of allylic oxidation sites excluding steroid dienone is 1. The normalized spacial score (nSPS) is 44.1. The van der Waals surface area contributed by atoms with E-state index in [-0.39, 0.29) is 59.1 Å². The van der Waals surface area contributed by atoms with Gasteiger partial charge in [-0.1, -0.05) is 39.3 Å². The first-order chi connectivity index (χ1) is 21.4. The van der Waals surface area contributed by atoms with E-state index in [1.54, 1.807) is 0 Å². The van der Waals surface area contributed by atoms with Gasteiger partial charge in [-0.05, 0) is 98.7 Å². The van der Waals surface area contributed by atoms with Crippen LogP contribution in [0.3, 0.4) is 0 Å². The average molecular weight is 645 g/mol. The Morgan fingerprint density at radius 1 is 0.826 bits per heavy atom. The summed E-state index contributed by atoms with van der Waals surface area (Å²) in [5.74, 6) is -1.60. The average Bonchev–Trinajstić information content (AvgIpc) is 2.97. The molecule has 10 atom stereocenters. The summed E-state index contributed by atoms with van der Waals surface area (Å²) in [4.78, 5) is 50.4. The van der Waals surface area contributed by atoms with Crippen LogP contribution in [0.4, 0.5) is 0 Å². The predicted octanol–water partition coefficient (Wildman–Crippen LogP) is 5.95. The third kappa shape index (κ3) is 4.87. The van der Waals surface area contributed by atoms with Crippen molar-refractivity contribution in [1.29, 1.82) is 0 Å². The molecule has 1 N–H and O–H groups in total. The summed E-state index contributed by atoms with van der Waals surface area (Å²) < 4.78 is 22.9. The van der Waals surface area contributed by atoms with Gasteiger partial charge in [-0.25, -0.2) is 0 Å². The molecule has 9 heteroatoms. The predicted molar refractivity (Wildman–Crippen MR) is 170 cm³/mol. The minimum atomic E-state index is -1.06. The first-order valence-electron chi connectivity index (χ1n) is 17.3. The van der Waals surface area contributed by atoms with Crippen molar-refractivity contribution in [2.75, 3.05) is 20.3 Å². The van der Waals surface area contributed by atoms with Gasteiger partial charge in [0.1, 0.15) is 19.3 Å². The Bertz CT molecular complexity index is 1280. The van der Waals surface area contributed by atoms with E-state index in [1.165, 1.54) is 33.5 Å². The van der Waals surface area contributed by atoms with Crippen LogP contribution < -0.4 is 0 Å². The van der Waals surface area contributed by atoms with Gasteiger partial charge < -0.3 is 24.1 Å². The SMILES string of the molecule is COC(=O)[C@]12CC[C@@H](C)[C@@](C)(O)C1C1=CCC3[C@@]4(C)CC[C@H](OC(C)=O)C(COC(C)=O)(COC(C)=O)C4CC[C@@]3(C)[C@]1(C)CC2. The first kappa shape index (κ1) is 34.9. The summed E-state index contributed by atoms with van der Waals surface area (Å²) in [5, 5.41) is 12.2. The molecule has 0 amide bonds. The molecule has 9 nitrogen and oxygen atoms in total. The zero-order chi connectivity index (χ0) is 34.1. The third-order valence-corrected chi connectivity index (χ3v) is 14.6. The fourth-order valence-electron chi connectivity index (χ4n) is 11.9. The van der Waals surface area contributed by atoms with Crippen LogP contribution in [0.25, 0.3) is 0 Å². The second kappa shape index (κ2) is 11.6. The van der Waals surface area contributed by atoms with E-state index in [1.807, 2.05) is 6.92 Å². The van der Waals surface area contributed by atoms with Crippen LogP contribution in [0.15, 0.2) is 11.6 Å². The highest BCUT2D eigenvalue weighted by atomic mass is 16.6. The molecule has 0 bridgehead atoms. The van der Waals surface area contributed by atoms with Crippen molar-refractivity contribution in [3.63, 3.8) is 0 Å². The van der Waals surface area contributed by atoms with E-state index < -0.39 is 40.4 Å². The van der Waals surface area contributed by atoms with Gasteiger partial charge in [0.15, 0.2) is 0 Å². The first-order valence-corrected chi connectivity index (χ1v) is 17.3. The number of carbonyl (C=O) groups is 4. The maximum absolute atomic E-state index is 13.6. The van der Waals surface area contributed by atoms with Crippen LogP contribution in [0.5, 0.6) is 0 Å². The zero-order valence-electron chi connectivity index (χ0n) is 29.5. The quantitative estimate of drug-likeness (QED) is 0.212. The molecule has 0 radical (unpaired) electrons. The van der Waals surface area contributed by atoms with E-state index in [2.05, 4.69) is 33.8 Å². The fraction of sp³-hybridized carbons (Fsp3) is 0.838. The van der Waals surface area contributed by atoms with Gasteiger partial charge in [-0.15, -0.1) is 0 Å². The van der Waals surface area contributed by atoms with Crippen molar-refractivity contribution in [3.8, 4) is 0 Å². The summed E-state index contributed by atoms with van der Waals surface area (Å²) in [6.07, 6.45) is 8.55. The molecule has 4 saturated carbocycles. The molecule has 0 aromatic rings. The van der Waals surface area contributed by atoms with Crippen molar-refractivity contribution >= 4 is 23.9 Å². The van der Waals surface area contributed by atoms with Gasteiger partial charge in [0.25, 0.3) is 0 Å². The Labute approximate surface area is 274 Å². The van der Waals surface area contributed by atoms with Crippen molar-refractivity contribution in [2.24, 2.45) is 50.7 Å². The molecule has 0 aromatic heterocycles. The molecular formula is C37H56O9. The summed E-state index contributed by atoms with van der Waals surface area (Å²) in [6, 6.07) is 0. The van der Waals surface area contributed by atoms with Gasteiger partial charge in [0, 0.05) is 26.7 Å². The lowest BCUT2D eigenvalue weighted by Gasteiger charge is -2.72. The summed E-state index contributed by atoms with van der Waals surface area (Å²) in [5.41, 5.74) is -2.17. The number of hydrogen-bond donors (Lipinski definition) is 1. The molecule has 4 fully saturated rings. The number of ether oxygens (including phenoxy) is 4. The fourth-order valence-corrected chi connectivity index (χ4v) is 11.9. The van der Waals surface area contributed by atoms with E-state index in [9.17, 15) is 24.3 Å². The van der Waals surface area contributed by atoms with Crippen LogP contribution in [-0.2, 0) is 38.1 Å². The highest BCUT2D eigenvalue weighted by Crippen LogP contribution is 2.76. The van der Waals surface area contributed by atoms with Gasteiger partial charge in [-0.2, -0.15) is 0 Å². The molecule has 3 unspecified atom stereocenters. The molecule has 0 spiro atoms. The zero-order valence-corrected chi connectivity index (χ0v) is 29.5. The smallest absolute Gasteiger partial charge is 0.312 e. The highest BCUT2D eigenvalue weighted by Gasteiger charge is 2.72. The van der Waals surface area contributed by atoms with Crippen molar-refractivity contribution < 1.29 is 43.2 Å².